The first-order chi connectivity index (χ1) is 22.2. The van der Waals surface area contributed by atoms with Crippen molar-refractivity contribution in [1.29, 1.82) is 0 Å². The summed E-state index contributed by atoms with van der Waals surface area (Å²) in [5.74, 6) is 0.838. The summed E-state index contributed by atoms with van der Waals surface area (Å²) in [7, 11) is 0. The van der Waals surface area contributed by atoms with Crippen molar-refractivity contribution < 1.29 is 24.1 Å². The highest BCUT2D eigenvalue weighted by Gasteiger charge is 2.42. The number of para-hydroxylation sites is 1. The molecule has 2 aliphatic heterocycles. The number of pyridine rings is 2. The lowest BCUT2D eigenvalue weighted by molar-refractivity contribution is -0.0722. The molecule has 0 bridgehead atoms. The number of benzene rings is 1. The van der Waals surface area contributed by atoms with E-state index >= 15 is 0 Å². The van der Waals surface area contributed by atoms with Crippen LogP contribution in [-0.4, -0.2) is 59.7 Å². The minimum absolute atomic E-state index is 0.0782. The van der Waals surface area contributed by atoms with Crippen LogP contribution < -0.4 is 14.2 Å². The fourth-order valence-corrected chi connectivity index (χ4v) is 6.84. The SMILES string of the molecule is CC(C)Oc1cc(C(=O)O)nc2c1nc(CN1CCC(c3cccc4c3O[C@@](C)(c3ccc(Cl)cn3)O4)CC1)n2Cc1cncs1. The molecular formula is C33H33ClN6O5S. The second-order valence-corrected chi connectivity index (χ2v) is 13.4. The van der Waals surface area contributed by atoms with Gasteiger partial charge in [-0.05, 0) is 63.9 Å². The fraction of sp³-hybridized carbons (Fsp3) is 0.364. The lowest BCUT2D eigenvalue weighted by atomic mass is 9.88. The summed E-state index contributed by atoms with van der Waals surface area (Å²) in [5.41, 5.74) is 4.54. The standard InChI is InChI=1S/C33H33ClN6O5S/c1-19(2)43-26-13-24(32(41)42)37-31-29(26)38-28(40(31)16-22-15-35-18-46-22)17-39-11-9-20(10-12-39)23-5-4-6-25-30(23)45-33(3,44-25)27-8-7-21(34)14-36-27/h4-8,13-15,18-20H,9-12,16-17H2,1-3H3,(H,41,42)/t33-/m0/s1. The van der Waals surface area contributed by atoms with Crippen molar-refractivity contribution in [3.8, 4) is 17.2 Å². The van der Waals surface area contributed by atoms with Gasteiger partial charge in [-0.1, -0.05) is 23.7 Å². The summed E-state index contributed by atoms with van der Waals surface area (Å²) >= 11 is 7.60. The number of piperidine rings is 1. The van der Waals surface area contributed by atoms with E-state index in [0.29, 0.717) is 46.5 Å². The van der Waals surface area contributed by atoms with Crippen molar-refractivity contribution in [2.75, 3.05) is 13.1 Å². The normalized spacial score (nSPS) is 18.5. The van der Waals surface area contributed by atoms with Gasteiger partial charge in [-0.2, -0.15) is 0 Å². The number of carbonyl (C=O) groups is 1. The highest BCUT2D eigenvalue weighted by Crippen LogP contribution is 2.49. The molecule has 0 aliphatic carbocycles. The Morgan fingerprint density at radius 1 is 1.15 bits per heavy atom. The molecule has 1 fully saturated rings. The molecule has 13 heteroatoms. The van der Waals surface area contributed by atoms with Gasteiger partial charge in [-0.3, -0.25) is 14.9 Å². The number of ether oxygens (including phenoxy) is 3. The van der Waals surface area contributed by atoms with Gasteiger partial charge in [0, 0.05) is 35.8 Å². The summed E-state index contributed by atoms with van der Waals surface area (Å²) in [4.78, 5) is 33.6. The number of halogens is 1. The predicted octanol–water partition coefficient (Wildman–Crippen LogP) is 6.49. The third-order valence-corrected chi connectivity index (χ3v) is 9.31. The molecule has 0 saturated carbocycles. The van der Waals surface area contributed by atoms with Crippen LogP contribution in [0, 0.1) is 0 Å². The number of carboxylic acid groups (broad SMARTS) is 1. The average molecular weight is 661 g/mol. The van der Waals surface area contributed by atoms with Gasteiger partial charge in [0.2, 0.25) is 0 Å². The second kappa shape index (κ2) is 12.2. The summed E-state index contributed by atoms with van der Waals surface area (Å²) in [6.07, 6.45) is 5.10. The Morgan fingerprint density at radius 2 is 1.98 bits per heavy atom. The largest absolute Gasteiger partial charge is 0.489 e. The predicted molar refractivity (Wildman–Crippen MR) is 173 cm³/mol. The number of imidazole rings is 1. The van der Waals surface area contributed by atoms with Gasteiger partial charge in [-0.15, -0.1) is 11.3 Å². The van der Waals surface area contributed by atoms with Crippen LogP contribution in [0.2, 0.25) is 5.02 Å². The van der Waals surface area contributed by atoms with Crippen molar-refractivity contribution in [2.24, 2.45) is 0 Å². The maximum atomic E-state index is 12.0. The molecule has 0 spiro atoms. The average Bonchev–Trinajstić information content (AvgIpc) is 3.76. The van der Waals surface area contributed by atoms with Crippen LogP contribution in [0.1, 0.15) is 72.0 Å². The molecule has 0 amide bonds. The zero-order chi connectivity index (χ0) is 32.0. The first-order valence-electron chi connectivity index (χ1n) is 15.2. The minimum atomic E-state index is -1.11. The first-order valence-corrected chi connectivity index (χ1v) is 16.5. The number of nitrogens with zero attached hydrogens (tertiary/aromatic N) is 6. The Kier molecular flexibility index (Phi) is 8.04. The van der Waals surface area contributed by atoms with E-state index in [0.717, 1.165) is 47.9 Å². The number of thiazole rings is 1. The van der Waals surface area contributed by atoms with Crippen LogP contribution in [0.3, 0.4) is 0 Å². The lowest BCUT2D eigenvalue weighted by Gasteiger charge is -2.32. The van der Waals surface area contributed by atoms with Crippen LogP contribution in [0.25, 0.3) is 11.2 Å². The van der Waals surface area contributed by atoms with Crippen molar-refractivity contribution in [3.05, 3.63) is 87.0 Å². The van der Waals surface area contributed by atoms with Gasteiger partial charge in [-0.25, -0.2) is 14.8 Å². The monoisotopic (exact) mass is 660 g/mol. The third kappa shape index (κ3) is 5.88. The number of rotatable bonds is 9. The molecule has 1 saturated heterocycles. The highest BCUT2D eigenvalue weighted by molar-refractivity contribution is 7.09. The molecule has 238 valence electrons. The number of likely N-dealkylation sites (tertiary alicyclic amines) is 1. The molecule has 1 aromatic carbocycles. The minimum Gasteiger partial charge on any atom is -0.489 e. The van der Waals surface area contributed by atoms with Gasteiger partial charge in [0.15, 0.2) is 34.1 Å². The molecule has 7 rings (SSSR count). The number of fused-ring (bicyclic) bond motifs is 2. The summed E-state index contributed by atoms with van der Waals surface area (Å²) in [6, 6.07) is 11.1. The van der Waals surface area contributed by atoms with E-state index in [4.69, 9.17) is 30.8 Å². The van der Waals surface area contributed by atoms with Gasteiger partial charge in [0.05, 0.1) is 29.7 Å². The number of hydrogen-bond donors (Lipinski definition) is 1. The molecule has 6 heterocycles. The van der Waals surface area contributed by atoms with E-state index in [-0.39, 0.29) is 17.7 Å². The zero-order valence-corrected chi connectivity index (χ0v) is 27.2. The summed E-state index contributed by atoms with van der Waals surface area (Å²) in [5, 5.41) is 10.4. The Hall–Kier alpha value is -4.26. The van der Waals surface area contributed by atoms with Gasteiger partial charge >= 0.3 is 5.97 Å². The number of aromatic nitrogens is 5. The lowest BCUT2D eigenvalue weighted by Crippen LogP contribution is -2.34. The van der Waals surface area contributed by atoms with E-state index < -0.39 is 11.8 Å². The first kappa shape index (κ1) is 30.4. The topological polar surface area (TPSA) is 125 Å². The maximum absolute atomic E-state index is 12.0. The van der Waals surface area contributed by atoms with Crippen molar-refractivity contribution >= 4 is 40.1 Å². The molecule has 5 aromatic rings. The van der Waals surface area contributed by atoms with E-state index in [2.05, 4.69) is 25.9 Å². The van der Waals surface area contributed by atoms with Crippen LogP contribution in [-0.2, 0) is 18.9 Å². The van der Waals surface area contributed by atoms with E-state index in [1.807, 2.05) is 49.7 Å². The molecule has 11 nitrogen and oxygen atoms in total. The summed E-state index contributed by atoms with van der Waals surface area (Å²) < 4.78 is 20.8. The van der Waals surface area contributed by atoms with E-state index in [1.165, 1.54) is 17.4 Å². The van der Waals surface area contributed by atoms with Gasteiger partial charge < -0.3 is 23.9 Å². The van der Waals surface area contributed by atoms with Crippen molar-refractivity contribution in [1.82, 2.24) is 29.4 Å². The van der Waals surface area contributed by atoms with Crippen LogP contribution >= 0.6 is 22.9 Å². The van der Waals surface area contributed by atoms with Gasteiger partial charge in [0.1, 0.15) is 11.5 Å². The quantitative estimate of drug-likeness (QED) is 0.187. The Balaban J connectivity index is 1.13. The van der Waals surface area contributed by atoms with E-state index in [1.54, 1.807) is 17.8 Å². The molecule has 2 aliphatic rings. The van der Waals surface area contributed by atoms with Crippen molar-refractivity contribution in [3.63, 3.8) is 0 Å². The Morgan fingerprint density at radius 3 is 2.67 bits per heavy atom. The number of carboxylic acids is 1. The van der Waals surface area contributed by atoms with Crippen molar-refractivity contribution in [2.45, 2.75) is 64.5 Å². The molecule has 0 radical (unpaired) electrons. The molecule has 1 N–H and O–H groups in total. The maximum Gasteiger partial charge on any atom is 0.354 e. The molecule has 46 heavy (non-hydrogen) atoms. The summed E-state index contributed by atoms with van der Waals surface area (Å²) in [6.45, 7) is 8.44. The number of aromatic carboxylic acids is 1. The van der Waals surface area contributed by atoms with Gasteiger partial charge in [0.25, 0.3) is 5.79 Å². The Labute approximate surface area is 274 Å². The van der Waals surface area contributed by atoms with Crippen LogP contribution in [0.5, 0.6) is 17.2 Å². The van der Waals surface area contributed by atoms with E-state index in [9.17, 15) is 9.90 Å². The molecule has 1 atom stereocenters. The number of hydrogen-bond acceptors (Lipinski definition) is 10. The molecular weight excluding hydrogens is 628 g/mol. The third-order valence-electron chi connectivity index (χ3n) is 8.32. The Bertz CT molecular complexity index is 1890. The van der Waals surface area contributed by atoms with Crippen LogP contribution in [0.15, 0.2) is 54.3 Å². The second-order valence-electron chi connectivity index (χ2n) is 12.0. The molecule has 4 aromatic heterocycles. The zero-order valence-electron chi connectivity index (χ0n) is 25.6. The fourth-order valence-electron chi connectivity index (χ4n) is 6.14. The van der Waals surface area contributed by atoms with Crippen LogP contribution in [0.4, 0.5) is 0 Å². The molecule has 0 unspecified atom stereocenters. The highest BCUT2D eigenvalue weighted by atomic mass is 35.5. The smallest absolute Gasteiger partial charge is 0.354 e.